The smallest absolute Gasteiger partial charge is 0.253 e. The molecule has 2 aromatic rings. The predicted octanol–water partition coefficient (Wildman–Crippen LogP) is 2.60. The Balaban J connectivity index is 2.03. The molecule has 0 bridgehead atoms. The van der Waals surface area contributed by atoms with Gasteiger partial charge in [0.05, 0.1) is 22.4 Å². The monoisotopic (exact) mass is 269 g/mol. The van der Waals surface area contributed by atoms with Crippen molar-refractivity contribution in [2.75, 3.05) is 13.1 Å². The van der Waals surface area contributed by atoms with Gasteiger partial charge < -0.3 is 4.90 Å². The van der Waals surface area contributed by atoms with Crippen molar-refractivity contribution in [3.8, 4) is 0 Å². The molecule has 3 rings (SSSR count). The van der Waals surface area contributed by atoms with Gasteiger partial charge >= 0.3 is 0 Å². The molecule has 1 aromatic carbocycles. The van der Waals surface area contributed by atoms with Crippen molar-refractivity contribution < 1.29 is 4.79 Å². The van der Waals surface area contributed by atoms with Crippen LogP contribution in [0.2, 0.25) is 0 Å². The van der Waals surface area contributed by atoms with Crippen molar-refractivity contribution in [1.29, 1.82) is 0 Å². The summed E-state index contributed by atoms with van der Waals surface area (Å²) in [6, 6.07) is 5.65. The van der Waals surface area contributed by atoms with E-state index in [9.17, 15) is 4.79 Å². The van der Waals surface area contributed by atoms with E-state index in [0.29, 0.717) is 0 Å². The van der Waals surface area contributed by atoms with Crippen molar-refractivity contribution in [1.82, 2.24) is 14.9 Å². The third-order valence-electron chi connectivity index (χ3n) is 3.88. The minimum atomic E-state index is 0.109. The van der Waals surface area contributed by atoms with Gasteiger partial charge in [-0.1, -0.05) is 13.8 Å². The SMILES string of the molecule is CCc1nc2ccc(C(=O)N3CCC3)cc2nc1CC. The number of benzene rings is 1. The molecule has 0 unspecified atom stereocenters. The Morgan fingerprint density at radius 2 is 1.75 bits per heavy atom. The lowest BCUT2D eigenvalue weighted by Gasteiger charge is -2.30. The minimum absolute atomic E-state index is 0.109. The van der Waals surface area contributed by atoms with Crippen molar-refractivity contribution in [3.05, 3.63) is 35.2 Å². The molecule has 4 nitrogen and oxygen atoms in total. The van der Waals surface area contributed by atoms with Crippen LogP contribution in [0.5, 0.6) is 0 Å². The second kappa shape index (κ2) is 5.19. The molecule has 0 spiro atoms. The number of hydrogen-bond donors (Lipinski definition) is 0. The molecule has 2 heterocycles. The highest BCUT2D eigenvalue weighted by Crippen LogP contribution is 2.19. The zero-order valence-electron chi connectivity index (χ0n) is 12.0. The van der Waals surface area contributed by atoms with Crippen LogP contribution in [-0.4, -0.2) is 33.9 Å². The summed E-state index contributed by atoms with van der Waals surface area (Å²) in [7, 11) is 0. The van der Waals surface area contributed by atoms with Gasteiger partial charge in [0.25, 0.3) is 5.91 Å². The van der Waals surface area contributed by atoms with E-state index in [4.69, 9.17) is 0 Å². The Hall–Kier alpha value is -1.97. The van der Waals surface area contributed by atoms with E-state index in [2.05, 4.69) is 23.8 Å². The van der Waals surface area contributed by atoms with Gasteiger partial charge in [-0.25, -0.2) is 9.97 Å². The van der Waals surface area contributed by atoms with E-state index in [1.165, 1.54) is 0 Å². The van der Waals surface area contributed by atoms with Crippen LogP contribution in [0.25, 0.3) is 11.0 Å². The average Bonchev–Trinajstić information content (AvgIpc) is 2.43. The highest BCUT2D eigenvalue weighted by Gasteiger charge is 2.21. The van der Waals surface area contributed by atoms with Crippen LogP contribution in [0.3, 0.4) is 0 Å². The Morgan fingerprint density at radius 3 is 2.30 bits per heavy atom. The van der Waals surface area contributed by atoms with Crippen LogP contribution in [0.1, 0.15) is 42.0 Å². The molecular weight excluding hydrogens is 250 g/mol. The van der Waals surface area contributed by atoms with Crippen LogP contribution in [0, 0.1) is 0 Å². The normalized spacial score (nSPS) is 14.4. The maximum absolute atomic E-state index is 12.2. The Kier molecular flexibility index (Phi) is 3.38. The number of rotatable bonds is 3. The van der Waals surface area contributed by atoms with E-state index in [0.717, 1.165) is 60.3 Å². The Labute approximate surface area is 118 Å². The molecule has 0 radical (unpaired) electrons. The first-order chi connectivity index (χ1) is 9.72. The molecule has 1 aliphatic rings. The summed E-state index contributed by atoms with van der Waals surface area (Å²) in [6.45, 7) is 5.93. The molecule has 104 valence electrons. The molecule has 0 aliphatic carbocycles. The second-order valence-electron chi connectivity index (χ2n) is 5.17. The Morgan fingerprint density at radius 1 is 1.10 bits per heavy atom. The van der Waals surface area contributed by atoms with Gasteiger partial charge in [-0.05, 0) is 37.5 Å². The van der Waals surface area contributed by atoms with Gasteiger partial charge in [0.1, 0.15) is 0 Å². The number of aryl methyl sites for hydroxylation is 2. The van der Waals surface area contributed by atoms with E-state index >= 15 is 0 Å². The highest BCUT2D eigenvalue weighted by atomic mass is 16.2. The topological polar surface area (TPSA) is 46.1 Å². The van der Waals surface area contributed by atoms with Crippen LogP contribution in [-0.2, 0) is 12.8 Å². The van der Waals surface area contributed by atoms with Crippen LogP contribution in [0.15, 0.2) is 18.2 Å². The zero-order valence-corrected chi connectivity index (χ0v) is 12.0. The number of hydrogen-bond acceptors (Lipinski definition) is 3. The fourth-order valence-electron chi connectivity index (χ4n) is 2.53. The molecule has 1 fully saturated rings. The molecule has 0 atom stereocenters. The third-order valence-corrected chi connectivity index (χ3v) is 3.88. The lowest BCUT2D eigenvalue weighted by atomic mass is 10.1. The first kappa shape index (κ1) is 13.0. The number of nitrogens with zero attached hydrogens (tertiary/aromatic N) is 3. The third kappa shape index (κ3) is 2.15. The average molecular weight is 269 g/mol. The van der Waals surface area contributed by atoms with Crippen LogP contribution >= 0.6 is 0 Å². The molecule has 1 aliphatic heterocycles. The quantitative estimate of drug-likeness (QED) is 0.860. The maximum Gasteiger partial charge on any atom is 0.253 e. The molecule has 1 amide bonds. The van der Waals surface area contributed by atoms with Crippen LogP contribution in [0.4, 0.5) is 0 Å². The summed E-state index contributed by atoms with van der Waals surface area (Å²) in [5.74, 6) is 0.109. The molecule has 1 saturated heterocycles. The number of aromatic nitrogens is 2. The second-order valence-corrected chi connectivity index (χ2v) is 5.17. The van der Waals surface area contributed by atoms with Crippen molar-refractivity contribution in [2.45, 2.75) is 33.1 Å². The van der Waals surface area contributed by atoms with Gasteiger partial charge in [-0.3, -0.25) is 4.79 Å². The number of carbonyl (C=O) groups excluding carboxylic acids is 1. The van der Waals surface area contributed by atoms with Crippen molar-refractivity contribution >= 4 is 16.9 Å². The first-order valence-corrected chi connectivity index (χ1v) is 7.31. The molecular formula is C16H19N3O. The van der Waals surface area contributed by atoms with E-state index in [1.807, 2.05) is 23.1 Å². The molecule has 1 aromatic heterocycles. The summed E-state index contributed by atoms with van der Waals surface area (Å²) in [5.41, 5.74) is 4.51. The number of fused-ring (bicyclic) bond motifs is 1. The van der Waals surface area contributed by atoms with Gasteiger partial charge in [0.2, 0.25) is 0 Å². The van der Waals surface area contributed by atoms with E-state index in [-0.39, 0.29) is 5.91 Å². The highest BCUT2D eigenvalue weighted by molar-refractivity contribution is 5.97. The summed E-state index contributed by atoms with van der Waals surface area (Å²) in [6.07, 6.45) is 2.87. The maximum atomic E-state index is 12.2. The zero-order chi connectivity index (χ0) is 14.1. The summed E-state index contributed by atoms with van der Waals surface area (Å²) in [4.78, 5) is 23.4. The minimum Gasteiger partial charge on any atom is -0.339 e. The van der Waals surface area contributed by atoms with Gasteiger partial charge in [-0.2, -0.15) is 0 Å². The molecule has 20 heavy (non-hydrogen) atoms. The van der Waals surface area contributed by atoms with Crippen molar-refractivity contribution in [3.63, 3.8) is 0 Å². The summed E-state index contributed by atoms with van der Waals surface area (Å²) < 4.78 is 0. The molecule has 0 saturated carbocycles. The summed E-state index contributed by atoms with van der Waals surface area (Å²) >= 11 is 0. The lowest BCUT2D eigenvalue weighted by molar-refractivity contribution is 0.0652. The standard InChI is InChI=1S/C16H19N3O/c1-3-12-13(4-2)18-15-10-11(6-7-14(15)17-12)16(20)19-8-5-9-19/h6-7,10H,3-5,8-9H2,1-2H3. The fraction of sp³-hybridized carbons (Fsp3) is 0.438. The molecule has 0 N–H and O–H groups in total. The van der Waals surface area contributed by atoms with Crippen molar-refractivity contribution in [2.24, 2.45) is 0 Å². The number of amides is 1. The van der Waals surface area contributed by atoms with Gasteiger partial charge in [-0.15, -0.1) is 0 Å². The first-order valence-electron chi connectivity index (χ1n) is 7.31. The number of carbonyl (C=O) groups is 1. The lowest BCUT2D eigenvalue weighted by Crippen LogP contribution is -2.42. The largest absolute Gasteiger partial charge is 0.339 e. The van der Waals surface area contributed by atoms with E-state index in [1.54, 1.807) is 0 Å². The number of likely N-dealkylation sites (tertiary alicyclic amines) is 1. The van der Waals surface area contributed by atoms with Gasteiger partial charge in [0.15, 0.2) is 0 Å². The Bertz CT molecular complexity index is 662. The summed E-state index contributed by atoms with van der Waals surface area (Å²) in [5, 5.41) is 0. The predicted molar refractivity (Wildman–Crippen MR) is 78.8 cm³/mol. The van der Waals surface area contributed by atoms with Gasteiger partial charge in [0, 0.05) is 18.7 Å². The van der Waals surface area contributed by atoms with E-state index < -0.39 is 0 Å². The fourth-order valence-corrected chi connectivity index (χ4v) is 2.53. The molecule has 4 heteroatoms. The van der Waals surface area contributed by atoms with Crippen LogP contribution < -0.4 is 0 Å².